The minimum absolute atomic E-state index is 0.103. The minimum Gasteiger partial charge on any atom is -0.349 e. The van der Waals surface area contributed by atoms with E-state index in [9.17, 15) is 9.59 Å². The van der Waals surface area contributed by atoms with E-state index in [1.807, 2.05) is 19.1 Å². The third-order valence-electron chi connectivity index (χ3n) is 3.61. The van der Waals surface area contributed by atoms with Gasteiger partial charge in [0, 0.05) is 24.7 Å². The number of nitrogens with zero attached hydrogens (tertiary/aromatic N) is 4. The molecular weight excluding hydrogens is 330 g/mol. The summed E-state index contributed by atoms with van der Waals surface area (Å²) >= 11 is 5.78. The van der Waals surface area contributed by atoms with Crippen LogP contribution in [0.4, 0.5) is 0 Å². The first kappa shape index (κ1) is 16.2. The highest BCUT2D eigenvalue weighted by atomic mass is 35.5. The van der Waals surface area contributed by atoms with E-state index in [2.05, 4.69) is 15.5 Å². The number of carbonyl (C=O) groups excluding carboxylic acids is 1. The summed E-state index contributed by atoms with van der Waals surface area (Å²) in [5.74, 6) is -0.494. The molecule has 3 aromatic rings. The number of aromatic nitrogens is 4. The Kier molecular flexibility index (Phi) is 4.61. The molecular formula is C16H16ClN5O2. The zero-order chi connectivity index (χ0) is 17.1. The van der Waals surface area contributed by atoms with Gasteiger partial charge in [-0.1, -0.05) is 23.7 Å². The highest BCUT2D eigenvalue weighted by Crippen LogP contribution is 2.09. The molecule has 0 atom stereocenters. The molecule has 0 aliphatic carbocycles. The molecule has 8 heteroatoms. The van der Waals surface area contributed by atoms with E-state index in [4.69, 9.17) is 11.6 Å². The van der Waals surface area contributed by atoms with Crippen LogP contribution >= 0.6 is 11.6 Å². The van der Waals surface area contributed by atoms with E-state index in [1.165, 1.54) is 6.20 Å². The molecule has 3 rings (SSSR count). The van der Waals surface area contributed by atoms with Crippen molar-refractivity contribution in [3.63, 3.8) is 0 Å². The summed E-state index contributed by atoms with van der Waals surface area (Å²) < 4.78 is 3.26. The highest BCUT2D eigenvalue weighted by Gasteiger charge is 2.16. The summed E-state index contributed by atoms with van der Waals surface area (Å²) in [6.45, 7) is 3.24. The molecule has 0 bridgehead atoms. The SMILES string of the molecule is CCn1nc(C(=O)NCCn2cc(Cl)cn2)c(=O)c2ccccc21. The third kappa shape index (κ3) is 3.16. The molecule has 7 nitrogen and oxygen atoms in total. The van der Waals surface area contributed by atoms with E-state index in [-0.39, 0.29) is 11.1 Å². The van der Waals surface area contributed by atoms with Gasteiger partial charge in [0.1, 0.15) is 0 Å². The van der Waals surface area contributed by atoms with Crippen LogP contribution in [0.2, 0.25) is 5.02 Å². The lowest BCUT2D eigenvalue weighted by Crippen LogP contribution is -2.34. The van der Waals surface area contributed by atoms with E-state index in [0.29, 0.717) is 35.6 Å². The smallest absolute Gasteiger partial charge is 0.275 e. The second-order valence-electron chi connectivity index (χ2n) is 5.19. The van der Waals surface area contributed by atoms with Crippen molar-refractivity contribution >= 4 is 28.4 Å². The minimum atomic E-state index is -0.494. The lowest BCUT2D eigenvalue weighted by Gasteiger charge is -2.10. The zero-order valence-corrected chi connectivity index (χ0v) is 13.8. The number of benzene rings is 1. The fourth-order valence-corrected chi connectivity index (χ4v) is 2.61. The van der Waals surface area contributed by atoms with Gasteiger partial charge in [0.25, 0.3) is 5.91 Å². The van der Waals surface area contributed by atoms with Crippen molar-refractivity contribution in [1.29, 1.82) is 0 Å². The molecule has 24 heavy (non-hydrogen) atoms. The molecule has 0 unspecified atom stereocenters. The molecule has 0 saturated carbocycles. The molecule has 1 amide bonds. The fraction of sp³-hybridized carbons (Fsp3) is 0.250. The first-order valence-electron chi connectivity index (χ1n) is 7.56. The Morgan fingerprint density at radius 1 is 1.33 bits per heavy atom. The van der Waals surface area contributed by atoms with Gasteiger partial charge in [-0.3, -0.25) is 19.0 Å². The van der Waals surface area contributed by atoms with Crippen LogP contribution in [0, 0.1) is 0 Å². The van der Waals surface area contributed by atoms with Crippen LogP contribution in [-0.2, 0) is 13.1 Å². The van der Waals surface area contributed by atoms with Crippen LogP contribution in [0.1, 0.15) is 17.4 Å². The van der Waals surface area contributed by atoms with Crippen LogP contribution in [0.15, 0.2) is 41.5 Å². The Balaban J connectivity index is 1.81. The molecule has 0 fully saturated rings. The van der Waals surface area contributed by atoms with Crippen molar-refractivity contribution < 1.29 is 4.79 Å². The van der Waals surface area contributed by atoms with Crippen LogP contribution in [0.25, 0.3) is 10.9 Å². The van der Waals surface area contributed by atoms with Gasteiger partial charge in [0.15, 0.2) is 5.69 Å². The van der Waals surface area contributed by atoms with Crippen LogP contribution in [-0.4, -0.2) is 32.0 Å². The Morgan fingerprint density at radius 2 is 2.12 bits per heavy atom. The quantitative estimate of drug-likeness (QED) is 0.763. The predicted octanol–water partition coefficient (Wildman–Crippen LogP) is 1.70. The second kappa shape index (κ2) is 6.84. The van der Waals surface area contributed by atoms with Crippen molar-refractivity contribution in [1.82, 2.24) is 24.9 Å². The van der Waals surface area contributed by atoms with Crippen LogP contribution in [0.5, 0.6) is 0 Å². The third-order valence-corrected chi connectivity index (χ3v) is 3.80. The molecule has 1 aromatic carbocycles. The first-order chi connectivity index (χ1) is 11.6. The standard InChI is InChI=1S/C16H16ClN5O2/c1-2-22-13-6-4-3-5-12(13)15(23)14(20-22)16(24)18-7-8-21-10-11(17)9-19-21/h3-6,9-10H,2,7-8H2,1H3,(H,18,24). The number of fused-ring (bicyclic) bond motifs is 1. The maximum absolute atomic E-state index is 12.5. The number of halogens is 1. The Bertz CT molecular complexity index is 947. The van der Waals surface area contributed by atoms with E-state index in [1.54, 1.807) is 27.7 Å². The summed E-state index contributed by atoms with van der Waals surface area (Å²) in [6, 6.07) is 7.13. The average molecular weight is 346 g/mol. The largest absolute Gasteiger partial charge is 0.349 e. The van der Waals surface area contributed by atoms with Crippen LogP contribution < -0.4 is 10.7 Å². The molecule has 1 N–H and O–H groups in total. The summed E-state index contributed by atoms with van der Waals surface area (Å²) in [5, 5.41) is 11.9. The number of carbonyl (C=O) groups is 1. The number of para-hydroxylation sites is 1. The number of hydrogen-bond donors (Lipinski definition) is 1. The maximum atomic E-state index is 12.5. The normalized spacial score (nSPS) is 10.9. The van der Waals surface area contributed by atoms with E-state index >= 15 is 0 Å². The maximum Gasteiger partial charge on any atom is 0.275 e. The topological polar surface area (TPSA) is 81.8 Å². The molecule has 0 spiro atoms. The lowest BCUT2D eigenvalue weighted by atomic mass is 10.2. The van der Waals surface area contributed by atoms with Crippen molar-refractivity contribution in [2.24, 2.45) is 0 Å². The van der Waals surface area contributed by atoms with Gasteiger partial charge in [-0.15, -0.1) is 0 Å². The Hall–Kier alpha value is -2.67. The van der Waals surface area contributed by atoms with Crippen molar-refractivity contribution in [2.75, 3.05) is 6.54 Å². The number of nitrogens with one attached hydrogen (secondary N) is 1. The number of rotatable bonds is 5. The predicted molar refractivity (Wildman–Crippen MR) is 91.2 cm³/mol. The summed E-state index contributed by atoms with van der Waals surface area (Å²) in [6.07, 6.45) is 3.18. The van der Waals surface area contributed by atoms with Gasteiger partial charge in [-0.25, -0.2) is 0 Å². The zero-order valence-electron chi connectivity index (χ0n) is 13.1. The number of amides is 1. The molecule has 2 heterocycles. The van der Waals surface area contributed by atoms with Crippen molar-refractivity contribution in [3.05, 3.63) is 57.6 Å². The second-order valence-corrected chi connectivity index (χ2v) is 5.62. The lowest BCUT2D eigenvalue weighted by molar-refractivity contribution is 0.0944. The fourth-order valence-electron chi connectivity index (χ4n) is 2.46. The molecule has 2 aromatic heterocycles. The number of hydrogen-bond acceptors (Lipinski definition) is 4. The summed E-state index contributed by atoms with van der Waals surface area (Å²) in [7, 11) is 0. The molecule has 0 aliphatic rings. The highest BCUT2D eigenvalue weighted by molar-refractivity contribution is 6.30. The Labute approximate surface area is 142 Å². The van der Waals surface area contributed by atoms with Gasteiger partial charge < -0.3 is 5.32 Å². The Morgan fingerprint density at radius 3 is 2.83 bits per heavy atom. The first-order valence-corrected chi connectivity index (χ1v) is 7.94. The van der Waals surface area contributed by atoms with Gasteiger partial charge >= 0.3 is 0 Å². The van der Waals surface area contributed by atoms with E-state index in [0.717, 1.165) is 0 Å². The number of aryl methyl sites for hydroxylation is 1. The van der Waals surface area contributed by atoms with Gasteiger partial charge in [0.2, 0.25) is 5.43 Å². The van der Waals surface area contributed by atoms with Crippen LogP contribution in [0.3, 0.4) is 0 Å². The monoisotopic (exact) mass is 345 g/mol. The summed E-state index contributed by atoms with van der Waals surface area (Å²) in [5.41, 5.74) is 0.247. The summed E-state index contributed by atoms with van der Waals surface area (Å²) in [4.78, 5) is 24.8. The molecule has 0 saturated heterocycles. The van der Waals surface area contributed by atoms with Gasteiger partial charge in [-0.05, 0) is 19.1 Å². The van der Waals surface area contributed by atoms with Crippen molar-refractivity contribution in [2.45, 2.75) is 20.0 Å². The van der Waals surface area contributed by atoms with Gasteiger partial charge in [0.05, 0.1) is 23.3 Å². The molecule has 124 valence electrons. The van der Waals surface area contributed by atoms with E-state index < -0.39 is 5.91 Å². The van der Waals surface area contributed by atoms with Crippen molar-refractivity contribution in [3.8, 4) is 0 Å². The average Bonchev–Trinajstić information content (AvgIpc) is 3.00. The van der Waals surface area contributed by atoms with Gasteiger partial charge in [-0.2, -0.15) is 10.2 Å². The molecule has 0 aliphatic heterocycles. The molecule has 0 radical (unpaired) electrons.